The predicted molar refractivity (Wildman–Crippen MR) is 171 cm³/mol. The van der Waals surface area contributed by atoms with Crippen molar-refractivity contribution in [1.82, 2.24) is 20.0 Å². The number of amides is 3. The van der Waals surface area contributed by atoms with Crippen molar-refractivity contribution in [1.29, 1.82) is 0 Å². The first-order valence-corrected chi connectivity index (χ1v) is 16.8. The summed E-state index contributed by atoms with van der Waals surface area (Å²) in [7, 11) is 0. The number of benzene rings is 1. The molecule has 1 aromatic rings. The van der Waals surface area contributed by atoms with Gasteiger partial charge in [0.25, 0.3) is 0 Å². The number of carbonyl (C=O) groups excluding carboxylic acids is 4. The SMILES string of the molecule is CC(C)[C@H](CO)N1C(=O)[C@H]2[C@@H]3C(=O)O[C@H](c4ccccc4)CNC(=O)CC/C=C\CN(CCN4CCOCC4)C(=O)[C@H]1[C@@]21C=C[C@@H]3O1. The Bertz CT molecular complexity index is 1380. The molecule has 0 aromatic heterocycles. The van der Waals surface area contributed by atoms with Crippen molar-refractivity contribution in [3.63, 3.8) is 0 Å². The number of nitrogens with one attached hydrogen (secondary N) is 1. The van der Waals surface area contributed by atoms with Gasteiger partial charge in [-0.1, -0.05) is 68.5 Å². The van der Waals surface area contributed by atoms with Crippen LogP contribution in [0.25, 0.3) is 0 Å². The molecule has 7 atom stereocenters. The van der Waals surface area contributed by atoms with Gasteiger partial charge < -0.3 is 34.4 Å². The highest BCUT2D eigenvalue weighted by Gasteiger charge is 2.74. The number of aliphatic hydroxyl groups excluding tert-OH is 1. The van der Waals surface area contributed by atoms with E-state index in [4.69, 9.17) is 14.2 Å². The third-order valence-electron chi connectivity index (χ3n) is 10.2. The summed E-state index contributed by atoms with van der Waals surface area (Å²) in [6.45, 7) is 7.57. The number of hydrogen-bond donors (Lipinski definition) is 2. The molecule has 3 saturated heterocycles. The Labute approximate surface area is 275 Å². The zero-order valence-electron chi connectivity index (χ0n) is 27.2. The van der Waals surface area contributed by atoms with E-state index >= 15 is 0 Å². The number of fused-ring (bicyclic) bond motifs is 2. The monoisotopic (exact) mass is 650 g/mol. The third-order valence-corrected chi connectivity index (χ3v) is 10.2. The van der Waals surface area contributed by atoms with Gasteiger partial charge in [0.15, 0.2) is 0 Å². The van der Waals surface area contributed by atoms with Crippen LogP contribution in [-0.4, -0.2) is 126 Å². The average Bonchev–Trinajstić information content (AvgIpc) is 3.72. The number of nitrogens with zero attached hydrogens (tertiary/aromatic N) is 3. The van der Waals surface area contributed by atoms with Gasteiger partial charge in [-0.15, -0.1) is 0 Å². The highest BCUT2D eigenvalue weighted by Crippen LogP contribution is 2.56. The molecule has 0 radical (unpaired) electrons. The molecule has 0 unspecified atom stereocenters. The Morgan fingerprint density at radius 1 is 1.02 bits per heavy atom. The normalized spacial score (nSPS) is 33.2. The van der Waals surface area contributed by atoms with E-state index in [-0.39, 0.29) is 43.8 Å². The van der Waals surface area contributed by atoms with Crippen molar-refractivity contribution in [3.8, 4) is 0 Å². The minimum absolute atomic E-state index is 0.0681. The molecular formula is C35H46N4O8. The zero-order chi connectivity index (χ0) is 33.1. The third kappa shape index (κ3) is 6.48. The molecule has 0 aliphatic carbocycles. The number of allylic oxidation sites excluding steroid dienone is 1. The van der Waals surface area contributed by atoms with Crippen LogP contribution in [0.4, 0.5) is 0 Å². The number of esters is 1. The second-order valence-corrected chi connectivity index (χ2v) is 13.3. The Morgan fingerprint density at radius 3 is 2.51 bits per heavy atom. The lowest BCUT2D eigenvalue weighted by Crippen LogP contribution is -2.60. The number of hydrogen-bond acceptors (Lipinski definition) is 9. The van der Waals surface area contributed by atoms with Gasteiger partial charge in [0.1, 0.15) is 23.7 Å². The maximum atomic E-state index is 14.8. The molecule has 254 valence electrons. The fourth-order valence-electron chi connectivity index (χ4n) is 7.63. The lowest BCUT2D eigenvalue weighted by Gasteiger charge is -2.40. The van der Waals surface area contributed by atoms with E-state index in [0.29, 0.717) is 38.3 Å². The summed E-state index contributed by atoms with van der Waals surface area (Å²) in [6.07, 6.45) is 6.45. The molecule has 1 aromatic carbocycles. The molecule has 5 aliphatic rings. The van der Waals surface area contributed by atoms with Crippen LogP contribution in [0.2, 0.25) is 0 Å². The van der Waals surface area contributed by atoms with Crippen molar-refractivity contribution >= 4 is 23.7 Å². The number of carbonyl (C=O) groups is 4. The lowest BCUT2D eigenvalue weighted by atomic mass is 9.74. The fraction of sp³-hybridized carbons (Fsp3) is 0.600. The number of ether oxygens (including phenoxy) is 3. The van der Waals surface area contributed by atoms with Crippen LogP contribution >= 0.6 is 0 Å². The van der Waals surface area contributed by atoms with Gasteiger partial charge in [-0.3, -0.25) is 24.1 Å². The molecule has 1 spiro atoms. The molecule has 3 fully saturated rings. The summed E-state index contributed by atoms with van der Waals surface area (Å²) in [5.74, 6) is -3.71. The molecule has 5 heterocycles. The molecule has 5 aliphatic heterocycles. The summed E-state index contributed by atoms with van der Waals surface area (Å²) in [4.78, 5) is 61.8. The number of rotatable bonds is 7. The molecule has 6 rings (SSSR count). The first-order valence-electron chi connectivity index (χ1n) is 16.8. The molecule has 47 heavy (non-hydrogen) atoms. The van der Waals surface area contributed by atoms with Crippen molar-refractivity contribution < 1.29 is 38.5 Å². The highest BCUT2D eigenvalue weighted by molar-refractivity contribution is 5.99. The number of likely N-dealkylation sites (tertiary alicyclic amines) is 1. The molecule has 5 bridgehead atoms. The molecule has 12 nitrogen and oxygen atoms in total. The van der Waals surface area contributed by atoms with Crippen LogP contribution in [0.5, 0.6) is 0 Å². The zero-order valence-corrected chi connectivity index (χ0v) is 27.2. The second kappa shape index (κ2) is 14.3. The average molecular weight is 651 g/mol. The van der Waals surface area contributed by atoms with Crippen LogP contribution in [0, 0.1) is 17.8 Å². The van der Waals surface area contributed by atoms with Gasteiger partial charge in [-0.05, 0) is 17.9 Å². The fourth-order valence-corrected chi connectivity index (χ4v) is 7.63. The van der Waals surface area contributed by atoms with Gasteiger partial charge in [-0.25, -0.2) is 0 Å². The Kier molecular flexibility index (Phi) is 10.1. The summed E-state index contributed by atoms with van der Waals surface area (Å²) in [5.41, 5.74) is -0.687. The smallest absolute Gasteiger partial charge is 0.313 e. The molecule has 0 saturated carbocycles. The van der Waals surface area contributed by atoms with E-state index in [0.717, 1.165) is 13.1 Å². The predicted octanol–water partition coefficient (Wildman–Crippen LogP) is 1.07. The van der Waals surface area contributed by atoms with Crippen molar-refractivity contribution in [3.05, 3.63) is 60.2 Å². The summed E-state index contributed by atoms with van der Waals surface area (Å²) in [6, 6.07) is 7.41. The van der Waals surface area contributed by atoms with Crippen molar-refractivity contribution in [2.45, 2.75) is 56.6 Å². The second-order valence-electron chi connectivity index (χ2n) is 13.3. The van der Waals surface area contributed by atoms with Gasteiger partial charge in [0, 0.05) is 39.1 Å². The Hall–Kier alpha value is -3.58. The summed E-state index contributed by atoms with van der Waals surface area (Å²) in [5, 5.41) is 13.5. The minimum atomic E-state index is -1.39. The van der Waals surface area contributed by atoms with Gasteiger partial charge in [0.05, 0.1) is 44.4 Å². The van der Waals surface area contributed by atoms with Gasteiger partial charge in [0.2, 0.25) is 17.7 Å². The molecule has 3 amide bonds. The van der Waals surface area contributed by atoms with E-state index in [2.05, 4.69) is 10.2 Å². The van der Waals surface area contributed by atoms with E-state index in [1.165, 1.54) is 4.90 Å². The topological polar surface area (TPSA) is 138 Å². The van der Waals surface area contributed by atoms with E-state index in [9.17, 15) is 24.3 Å². The summed E-state index contributed by atoms with van der Waals surface area (Å²) < 4.78 is 18.2. The Morgan fingerprint density at radius 2 is 1.79 bits per heavy atom. The maximum absolute atomic E-state index is 14.8. The van der Waals surface area contributed by atoms with E-state index in [1.54, 1.807) is 17.1 Å². The molecule has 12 heteroatoms. The Balaban J connectivity index is 1.39. The largest absolute Gasteiger partial charge is 0.455 e. The molecular weight excluding hydrogens is 604 g/mol. The lowest BCUT2D eigenvalue weighted by molar-refractivity contribution is -0.160. The minimum Gasteiger partial charge on any atom is -0.455 e. The number of morpholine rings is 1. The number of cyclic esters (lactones) is 1. The van der Waals surface area contributed by atoms with E-state index < -0.39 is 53.6 Å². The van der Waals surface area contributed by atoms with Crippen molar-refractivity contribution in [2.24, 2.45) is 17.8 Å². The summed E-state index contributed by atoms with van der Waals surface area (Å²) >= 11 is 0. The van der Waals surface area contributed by atoms with Crippen LogP contribution < -0.4 is 5.32 Å². The van der Waals surface area contributed by atoms with Crippen LogP contribution in [0.3, 0.4) is 0 Å². The van der Waals surface area contributed by atoms with Crippen LogP contribution in [-0.2, 0) is 33.4 Å². The maximum Gasteiger partial charge on any atom is 0.313 e. The first-order chi connectivity index (χ1) is 22.7. The van der Waals surface area contributed by atoms with Crippen LogP contribution in [0.15, 0.2) is 54.6 Å². The standard InChI is InChI=1S/C35H46N4O8/c1-23(2)25(22-40)39-31-33(43)38(16-15-37-17-19-45-20-18-37)14-8-4-7-11-28(41)36-21-27(24-9-5-3-6-10-24)46-34(44)29-26-12-13-35(31,47-26)30(29)32(39)42/h3-6,8-10,12-13,23,25-27,29-31,40H,7,11,14-22H2,1-2H3,(H,36,41)/b8-4-/t25-,26-,27-,29+,30+,31-,35+/m0/s1. The van der Waals surface area contributed by atoms with Gasteiger partial charge in [-0.2, -0.15) is 0 Å². The quantitative estimate of drug-likeness (QED) is 0.328. The highest BCUT2D eigenvalue weighted by atomic mass is 16.6. The number of aliphatic hydroxyl groups is 1. The van der Waals surface area contributed by atoms with Gasteiger partial charge >= 0.3 is 5.97 Å². The van der Waals surface area contributed by atoms with E-state index in [1.807, 2.05) is 56.3 Å². The van der Waals surface area contributed by atoms with Crippen molar-refractivity contribution in [2.75, 3.05) is 59.1 Å². The van der Waals surface area contributed by atoms with Crippen LogP contribution in [0.1, 0.15) is 38.4 Å². The first kappa shape index (κ1) is 33.3. The molecule has 2 N–H and O–H groups in total.